The van der Waals surface area contributed by atoms with Gasteiger partial charge in [-0.05, 0) is 24.1 Å². The molecular formula is C15H24N2O3S. The predicted molar refractivity (Wildman–Crippen MR) is 82.6 cm³/mol. The molecule has 21 heavy (non-hydrogen) atoms. The molecule has 118 valence electrons. The molecule has 0 spiro atoms. The zero-order valence-corrected chi connectivity index (χ0v) is 13.7. The first-order valence-electron chi connectivity index (χ1n) is 7.28. The molecule has 1 unspecified atom stereocenters. The molecule has 6 heteroatoms. The minimum atomic E-state index is -3.42. The van der Waals surface area contributed by atoms with Gasteiger partial charge in [0.2, 0.25) is 10.0 Å². The number of benzene rings is 1. The fraction of sp³-hybridized carbons (Fsp3) is 0.600. The molecule has 1 fully saturated rings. The van der Waals surface area contributed by atoms with Gasteiger partial charge in [0, 0.05) is 32.8 Å². The van der Waals surface area contributed by atoms with E-state index in [2.05, 4.69) is 19.2 Å². The molecule has 1 atom stereocenters. The van der Waals surface area contributed by atoms with E-state index in [1.807, 2.05) is 6.07 Å². The van der Waals surface area contributed by atoms with Crippen LogP contribution in [0, 0.1) is 0 Å². The van der Waals surface area contributed by atoms with E-state index in [1.54, 1.807) is 25.3 Å². The molecule has 1 N–H and O–H groups in total. The fourth-order valence-corrected chi connectivity index (χ4v) is 3.95. The van der Waals surface area contributed by atoms with E-state index in [-0.39, 0.29) is 6.10 Å². The van der Waals surface area contributed by atoms with Crippen LogP contribution in [0.2, 0.25) is 0 Å². The average Bonchev–Trinajstić information content (AvgIpc) is 2.95. The van der Waals surface area contributed by atoms with Crippen molar-refractivity contribution in [2.45, 2.75) is 43.9 Å². The number of hydrogen-bond acceptors (Lipinski definition) is 4. The van der Waals surface area contributed by atoms with E-state index in [4.69, 9.17) is 4.74 Å². The Hall–Kier alpha value is -0.950. The molecule has 1 saturated heterocycles. The maximum atomic E-state index is 12.6. The third kappa shape index (κ3) is 4.03. The van der Waals surface area contributed by atoms with Gasteiger partial charge in [0.25, 0.3) is 0 Å². The molecule has 0 aromatic heterocycles. The van der Waals surface area contributed by atoms with Crippen molar-refractivity contribution in [1.82, 2.24) is 9.62 Å². The molecule has 1 aromatic carbocycles. The highest BCUT2D eigenvalue weighted by atomic mass is 32.2. The summed E-state index contributed by atoms with van der Waals surface area (Å²) in [5.74, 6) is 0. The van der Waals surface area contributed by atoms with Crippen LogP contribution in [-0.4, -0.2) is 45.1 Å². The number of nitrogens with one attached hydrogen (secondary N) is 1. The summed E-state index contributed by atoms with van der Waals surface area (Å²) in [5.41, 5.74) is 0.979. The van der Waals surface area contributed by atoms with Gasteiger partial charge in [-0.1, -0.05) is 26.0 Å². The maximum Gasteiger partial charge on any atom is 0.243 e. The van der Waals surface area contributed by atoms with E-state index in [0.29, 0.717) is 30.6 Å². The van der Waals surface area contributed by atoms with Crippen LogP contribution in [0.25, 0.3) is 0 Å². The second-order valence-electron chi connectivity index (χ2n) is 5.69. The lowest BCUT2D eigenvalue weighted by atomic mass is 10.2. The van der Waals surface area contributed by atoms with Crippen molar-refractivity contribution in [3.63, 3.8) is 0 Å². The highest BCUT2D eigenvalue weighted by Gasteiger charge is 2.32. The second kappa shape index (κ2) is 6.87. The Morgan fingerprint density at radius 1 is 1.43 bits per heavy atom. The number of methoxy groups -OCH3 is 1. The van der Waals surface area contributed by atoms with Gasteiger partial charge >= 0.3 is 0 Å². The van der Waals surface area contributed by atoms with Crippen molar-refractivity contribution in [2.75, 3.05) is 20.2 Å². The van der Waals surface area contributed by atoms with Crippen molar-refractivity contribution in [3.05, 3.63) is 29.8 Å². The number of ether oxygens (including phenoxy) is 1. The van der Waals surface area contributed by atoms with Crippen molar-refractivity contribution >= 4 is 10.0 Å². The first-order chi connectivity index (χ1) is 9.93. The SMILES string of the molecule is COC1CCN(S(=O)(=O)c2cccc(CNC(C)C)c2)C1. The molecule has 0 bridgehead atoms. The van der Waals surface area contributed by atoms with Crippen LogP contribution < -0.4 is 5.32 Å². The molecule has 0 radical (unpaired) electrons. The molecule has 1 aromatic rings. The first kappa shape index (κ1) is 16.4. The van der Waals surface area contributed by atoms with Crippen LogP contribution in [0.3, 0.4) is 0 Å². The summed E-state index contributed by atoms with van der Waals surface area (Å²) in [4.78, 5) is 0.363. The third-order valence-electron chi connectivity index (χ3n) is 3.69. The van der Waals surface area contributed by atoms with Gasteiger partial charge in [-0.2, -0.15) is 4.31 Å². The smallest absolute Gasteiger partial charge is 0.243 e. The van der Waals surface area contributed by atoms with Gasteiger partial charge < -0.3 is 10.1 Å². The number of rotatable bonds is 6. The Kier molecular flexibility index (Phi) is 5.37. The highest BCUT2D eigenvalue weighted by molar-refractivity contribution is 7.89. The Morgan fingerprint density at radius 2 is 2.19 bits per heavy atom. The molecular weight excluding hydrogens is 288 g/mol. The van der Waals surface area contributed by atoms with E-state index < -0.39 is 10.0 Å². The molecule has 1 aliphatic heterocycles. The molecule has 2 rings (SSSR count). The minimum Gasteiger partial charge on any atom is -0.380 e. The molecule has 1 heterocycles. The van der Waals surface area contributed by atoms with Crippen molar-refractivity contribution in [2.24, 2.45) is 0 Å². The predicted octanol–water partition coefficient (Wildman–Crippen LogP) is 1.59. The third-order valence-corrected chi connectivity index (χ3v) is 5.55. The van der Waals surface area contributed by atoms with Gasteiger partial charge in [-0.3, -0.25) is 0 Å². The van der Waals surface area contributed by atoms with Gasteiger partial charge in [0.05, 0.1) is 11.0 Å². The lowest BCUT2D eigenvalue weighted by Crippen LogP contribution is -2.30. The summed E-state index contributed by atoms with van der Waals surface area (Å²) in [5, 5.41) is 3.30. The summed E-state index contributed by atoms with van der Waals surface area (Å²) >= 11 is 0. The van der Waals surface area contributed by atoms with E-state index in [1.165, 1.54) is 4.31 Å². The largest absolute Gasteiger partial charge is 0.380 e. The summed E-state index contributed by atoms with van der Waals surface area (Å²) < 4.78 is 32.0. The van der Waals surface area contributed by atoms with Crippen LogP contribution in [0.1, 0.15) is 25.8 Å². The van der Waals surface area contributed by atoms with Crippen LogP contribution in [-0.2, 0) is 21.3 Å². The molecule has 0 saturated carbocycles. The van der Waals surface area contributed by atoms with Crippen LogP contribution in [0.4, 0.5) is 0 Å². The highest BCUT2D eigenvalue weighted by Crippen LogP contribution is 2.22. The average molecular weight is 312 g/mol. The van der Waals surface area contributed by atoms with Crippen LogP contribution in [0.15, 0.2) is 29.2 Å². The Morgan fingerprint density at radius 3 is 2.81 bits per heavy atom. The quantitative estimate of drug-likeness (QED) is 0.867. The lowest BCUT2D eigenvalue weighted by Gasteiger charge is -2.17. The second-order valence-corrected chi connectivity index (χ2v) is 7.63. The van der Waals surface area contributed by atoms with Gasteiger partial charge in [-0.15, -0.1) is 0 Å². The number of nitrogens with zero attached hydrogens (tertiary/aromatic N) is 1. The van der Waals surface area contributed by atoms with Gasteiger partial charge in [0.15, 0.2) is 0 Å². The summed E-state index contributed by atoms with van der Waals surface area (Å²) in [6.45, 7) is 5.76. The monoisotopic (exact) mass is 312 g/mol. The van der Waals surface area contributed by atoms with E-state index in [9.17, 15) is 8.42 Å². The fourth-order valence-electron chi connectivity index (χ4n) is 2.40. The standard InChI is InChI=1S/C15H24N2O3S/c1-12(2)16-10-13-5-4-6-15(9-13)21(18,19)17-8-7-14(11-17)20-3/h4-6,9,12,14,16H,7-8,10-11H2,1-3H3. The zero-order chi connectivity index (χ0) is 15.5. The Bertz CT molecular complexity index is 572. The summed E-state index contributed by atoms with van der Waals surface area (Å²) in [7, 11) is -1.79. The molecule has 0 aliphatic carbocycles. The van der Waals surface area contributed by atoms with Crippen molar-refractivity contribution in [3.8, 4) is 0 Å². The van der Waals surface area contributed by atoms with E-state index >= 15 is 0 Å². The van der Waals surface area contributed by atoms with Gasteiger partial charge in [-0.25, -0.2) is 8.42 Å². The lowest BCUT2D eigenvalue weighted by molar-refractivity contribution is 0.115. The van der Waals surface area contributed by atoms with Crippen molar-refractivity contribution in [1.29, 1.82) is 0 Å². The first-order valence-corrected chi connectivity index (χ1v) is 8.72. The molecule has 1 aliphatic rings. The number of sulfonamides is 1. The normalized spacial score (nSPS) is 20.3. The zero-order valence-electron chi connectivity index (χ0n) is 12.9. The van der Waals surface area contributed by atoms with Crippen molar-refractivity contribution < 1.29 is 13.2 Å². The topological polar surface area (TPSA) is 58.6 Å². The maximum absolute atomic E-state index is 12.6. The van der Waals surface area contributed by atoms with Gasteiger partial charge in [0.1, 0.15) is 0 Å². The van der Waals surface area contributed by atoms with E-state index in [0.717, 1.165) is 12.0 Å². The summed E-state index contributed by atoms with van der Waals surface area (Å²) in [6, 6.07) is 7.52. The van der Waals surface area contributed by atoms with Crippen LogP contribution >= 0.6 is 0 Å². The number of hydrogen-bond donors (Lipinski definition) is 1. The molecule has 0 amide bonds. The minimum absolute atomic E-state index is 0.00515. The molecule has 5 nitrogen and oxygen atoms in total. The summed E-state index contributed by atoms with van der Waals surface area (Å²) in [6.07, 6.45) is 0.759. The Labute approximate surface area is 127 Å². The Balaban J connectivity index is 2.15. The van der Waals surface area contributed by atoms with Crippen LogP contribution in [0.5, 0.6) is 0 Å².